The summed E-state index contributed by atoms with van der Waals surface area (Å²) in [5.74, 6) is 1.07. The van der Waals surface area contributed by atoms with Gasteiger partial charge in [0, 0.05) is 25.0 Å². The summed E-state index contributed by atoms with van der Waals surface area (Å²) in [6, 6.07) is 1.70. The zero-order valence-corrected chi connectivity index (χ0v) is 13.8. The van der Waals surface area contributed by atoms with E-state index < -0.39 is 10.0 Å². The van der Waals surface area contributed by atoms with E-state index in [1.165, 1.54) is 19.3 Å². The molecule has 2 unspecified atom stereocenters. The van der Waals surface area contributed by atoms with Crippen LogP contribution < -0.4 is 10.0 Å². The number of sulfonamides is 1. The molecule has 2 rings (SSSR count). The van der Waals surface area contributed by atoms with Crippen LogP contribution in [-0.2, 0) is 16.6 Å². The van der Waals surface area contributed by atoms with Crippen molar-refractivity contribution >= 4 is 10.0 Å². The Labute approximate surface area is 128 Å². The van der Waals surface area contributed by atoms with Crippen LogP contribution in [0.3, 0.4) is 0 Å². The largest absolute Gasteiger partial charge is 0.363 e. The van der Waals surface area contributed by atoms with Crippen molar-refractivity contribution in [3.8, 4) is 0 Å². The van der Waals surface area contributed by atoms with Gasteiger partial charge in [-0.05, 0) is 30.9 Å². The molecule has 1 saturated carbocycles. The van der Waals surface area contributed by atoms with Crippen LogP contribution in [0.25, 0.3) is 0 Å². The molecule has 0 aliphatic heterocycles. The summed E-state index contributed by atoms with van der Waals surface area (Å²) in [7, 11) is -3.40. The molecule has 1 aromatic rings. The molecule has 1 fully saturated rings. The second-order valence-electron chi connectivity index (χ2n) is 6.01. The molecule has 120 valence electrons. The lowest BCUT2D eigenvalue weighted by atomic mass is 9.81. The third-order valence-corrected chi connectivity index (χ3v) is 5.82. The third-order valence-electron chi connectivity index (χ3n) is 4.42. The molecule has 5 nitrogen and oxygen atoms in total. The van der Waals surface area contributed by atoms with Crippen LogP contribution in [0.4, 0.5) is 0 Å². The zero-order chi connectivity index (χ0) is 15.3. The summed E-state index contributed by atoms with van der Waals surface area (Å²) in [4.78, 5) is 3.34. The van der Waals surface area contributed by atoms with Gasteiger partial charge >= 0.3 is 0 Å². The van der Waals surface area contributed by atoms with E-state index in [-0.39, 0.29) is 0 Å². The highest BCUT2D eigenvalue weighted by atomic mass is 32.2. The molecule has 0 radical (unpaired) electrons. The van der Waals surface area contributed by atoms with Crippen molar-refractivity contribution in [1.29, 1.82) is 0 Å². The van der Waals surface area contributed by atoms with E-state index in [1.807, 2.05) is 6.92 Å². The monoisotopic (exact) mass is 313 g/mol. The average molecular weight is 313 g/mol. The van der Waals surface area contributed by atoms with Gasteiger partial charge in [-0.15, -0.1) is 0 Å². The molecule has 0 spiro atoms. The first-order valence-corrected chi connectivity index (χ1v) is 9.39. The van der Waals surface area contributed by atoms with Crippen LogP contribution in [0.5, 0.6) is 0 Å². The van der Waals surface area contributed by atoms with Crippen LogP contribution in [0.1, 0.15) is 45.2 Å². The van der Waals surface area contributed by atoms with Gasteiger partial charge in [-0.2, -0.15) is 0 Å². The van der Waals surface area contributed by atoms with E-state index in [4.69, 9.17) is 0 Å². The Hall–Kier alpha value is -0.850. The maximum atomic E-state index is 12.3. The summed E-state index contributed by atoms with van der Waals surface area (Å²) in [6.45, 7) is 6.32. The van der Waals surface area contributed by atoms with Gasteiger partial charge in [0.1, 0.15) is 0 Å². The zero-order valence-electron chi connectivity index (χ0n) is 13.0. The van der Waals surface area contributed by atoms with Gasteiger partial charge in [-0.3, -0.25) is 0 Å². The van der Waals surface area contributed by atoms with Crippen LogP contribution in [0, 0.1) is 11.8 Å². The maximum absolute atomic E-state index is 12.3. The predicted octanol–water partition coefficient (Wildman–Crippen LogP) is 2.23. The van der Waals surface area contributed by atoms with E-state index in [2.05, 4.69) is 21.9 Å². The number of hydrogen-bond donors (Lipinski definition) is 3. The van der Waals surface area contributed by atoms with E-state index in [0.29, 0.717) is 29.8 Å². The lowest BCUT2D eigenvalue weighted by Gasteiger charge is -2.28. The second kappa shape index (κ2) is 7.42. The highest BCUT2D eigenvalue weighted by molar-refractivity contribution is 7.89. The minimum Gasteiger partial charge on any atom is -0.363 e. The first-order chi connectivity index (χ1) is 10.0. The molecule has 2 atom stereocenters. The minimum absolute atomic E-state index is 0.332. The fourth-order valence-corrected chi connectivity index (χ4v) is 4.04. The molecule has 1 heterocycles. The predicted molar refractivity (Wildman–Crippen MR) is 84.5 cm³/mol. The van der Waals surface area contributed by atoms with Crippen molar-refractivity contribution in [3.05, 3.63) is 18.0 Å². The Kier molecular flexibility index (Phi) is 5.84. The molecule has 6 heteroatoms. The smallest absolute Gasteiger partial charge is 0.242 e. The lowest BCUT2D eigenvalue weighted by Crippen LogP contribution is -2.33. The number of rotatable bonds is 7. The van der Waals surface area contributed by atoms with Crippen LogP contribution in [0.2, 0.25) is 0 Å². The molecule has 3 N–H and O–H groups in total. The summed E-state index contributed by atoms with van der Waals surface area (Å²) >= 11 is 0. The molecular formula is C15H27N3O2S. The van der Waals surface area contributed by atoms with Gasteiger partial charge in [-0.1, -0.05) is 33.1 Å². The van der Waals surface area contributed by atoms with Crippen molar-refractivity contribution in [3.63, 3.8) is 0 Å². The van der Waals surface area contributed by atoms with Crippen LogP contribution >= 0.6 is 0 Å². The van der Waals surface area contributed by atoms with Crippen molar-refractivity contribution in [2.24, 2.45) is 11.8 Å². The molecular weight excluding hydrogens is 286 g/mol. The number of H-pyrrole nitrogens is 1. The van der Waals surface area contributed by atoms with E-state index >= 15 is 0 Å². The topological polar surface area (TPSA) is 74.0 Å². The maximum Gasteiger partial charge on any atom is 0.242 e. The molecule has 1 aromatic heterocycles. The van der Waals surface area contributed by atoms with Gasteiger partial charge in [0.2, 0.25) is 10.0 Å². The number of aromatic amines is 1. The third kappa shape index (κ3) is 4.56. The number of aromatic nitrogens is 1. The minimum atomic E-state index is -3.40. The fraction of sp³-hybridized carbons (Fsp3) is 0.733. The van der Waals surface area contributed by atoms with Crippen molar-refractivity contribution in [2.45, 2.75) is 51.0 Å². The summed E-state index contributed by atoms with van der Waals surface area (Å²) in [5.41, 5.74) is 0.892. The Bertz CT molecular complexity index is 539. The molecule has 1 aliphatic rings. The highest BCUT2D eigenvalue weighted by Gasteiger charge is 2.24. The first-order valence-electron chi connectivity index (χ1n) is 7.90. The molecule has 0 amide bonds. The van der Waals surface area contributed by atoms with E-state index in [1.54, 1.807) is 12.3 Å². The molecule has 21 heavy (non-hydrogen) atoms. The molecule has 0 bridgehead atoms. The molecule has 0 saturated heterocycles. The Morgan fingerprint density at radius 1 is 1.33 bits per heavy atom. The van der Waals surface area contributed by atoms with Gasteiger partial charge in [-0.25, -0.2) is 13.1 Å². The fourth-order valence-electron chi connectivity index (χ4n) is 2.93. The summed E-state index contributed by atoms with van der Waals surface area (Å²) in [5, 5.41) is 3.17. The average Bonchev–Trinajstić information content (AvgIpc) is 2.94. The molecule has 1 aliphatic carbocycles. The van der Waals surface area contributed by atoms with E-state index in [9.17, 15) is 8.42 Å². The van der Waals surface area contributed by atoms with Crippen molar-refractivity contribution < 1.29 is 8.42 Å². The molecule has 0 aromatic carbocycles. The van der Waals surface area contributed by atoms with Crippen molar-refractivity contribution in [2.75, 3.05) is 13.1 Å². The quantitative estimate of drug-likeness (QED) is 0.722. The Morgan fingerprint density at radius 3 is 2.81 bits per heavy atom. The Balaban J connectivity index is 1.93. The Morgan fingerprint density at radius 2 is 2.10 bits per heavy atom. The van der Waals surface area contributed by atoms with Crippen LogP contribution in [-0.4, -0.2) is 26.5 Å². The SMILES string of the molecule is CCNCc1cc(S(=O)(=O)NCC2CCCCC2C)c[nH]1. The van der Waals surface area contributed by atoms with Crippen LogP contribution in [0.15, 0.2) is 17.2 Å². The van der Waals surface area contributed by atoms with Gasteiger partial charge in [0.25, 0.3) is 0 Å². The standard InChI is InChI=1S/C15H27N3O2S/c1-3-16-10-14-8-15(11-17-14)21(19,20)18-9-13-7-5-4-6-12(13)2/h8,11-13,16-18H,3-7,9-10H2,1-2H3. The number of nitrogens with one attached hydrogen (secondary N) is 3. The van der Waals surface area contributed by atoms with Gasteiger partial charge < -0.3 is 10.3 Å². The summed E-state index contributed by atoms with van der Waals surface area (Å²) < 4.78 is 27.4. The van der Waals surface area contributed by atoms with E-state index in [0.717, 1.165) is 18.7 Å². The van der Waals surface area contributed by atoms with Gasteiger partial charge in [0.15, 0.2) is 0 Å². The number of hydrogen-bond acceptors (Lipinski definition) is 3. The van der Waals surface area contributed by atoms with Gasteiger partial charge in [0.05, 0.1) is 4.90 Å². The normalized spacial score (nSPS) is 23.3. The second-order valence-corrected chi connectivity index (χ2v) is 7.78. The summed E-state index contributed by atoms with van der Waals surface area (Å²) in [6.07, 6.45) is 6.40. The lowest BCUT2D eigenvalue weighted by molar-refractivity contribution is 0.257. The first kappa shape index (κ1) is 16.5. The van der Waals surface area contributed by atoms with Crippen molar-refractivity contribution in [1.82, 2.24) is 15.0 Å². The highest BCUT2D eigenvalue weighted by Crippen LogP contribution is 2.29.